The van der Waals surface area contributed by atoms with Gasteiger partial charge in [-0.05, 0) is 41.1 Å². The van der Waals surface area contributed by atoms with Gasteiger partial charge in [-0.2, -0.15) is 0 Å². The number of nitrogens with zero attached hydrogens (tertiary/aromatic N) is 1. The van der Waals surface area contributed by atoms with Gasteiger partial charge in [0.25, 0.3) is 5.91 Å². The maximum Gasteiger partial charge on any atom is 0.263 e. The number of fused-ring (bicyclic) bond motifs is 1. The summed E-state index contributed by atoms with van der Waals surface area (Å²) in [4.78, 5) is 12.5. The van der Waals surface area contributed by atoms with Gasteiger partial charge in [-0.15, -0.1) is 0 Å². The first-order valence-corrected chi connectivity index (χ1v) is 8.34. The van der Waals surface area contributed by atoms with E-state index in [9.17, 15) is 4.79 Å². The van der Waals surface area contributed by atoms with Gasteiger partial charge in [-0.25, -0.2) is 0 Å². The summed E-state index contributed by atoms with van der Waals surface area (Å²) in [7, 11) is 0. The second kappa shape index (κ2) is 5.68. The molecule has 0 bridgehead atoms. The molecule has 0 atom stereocenters. The maximum atomic E-state index is 11.8. The van der Waals surface area contributed by atoms with Crippen LogP contribution < -0.4 is 5.32 Å². The smallest absolute Gasteiger partial charge is 0.263 e. The standard InChI is InChI=1S/C18H12N2OS2/c21-17-16(23-18(22)19-17)11-14-6-3-9-20(14)15-8-7-12-4-1-2-5-13(12)10-15/h1-11H,(H,19,21,22)/b16-11+. The number of nitrogens with one attached hydrogen (secondary N) is 1. The summed E-state index contributed by atoms with van der Waals surface area (Å²) in [6.07, 6.45) is 3.86. The van der Waals surface area contributed by atoms with Crippen LogP contribution in [0.5, 0.6) is 0 Å². The zero-order chi connectivity index (χ0) is 15.8. The molecule has 4 rings (SSSR count). The SMILES string of the molecule is O=C1NC(=S)S/C1=C/c1cccn1-c1ccc2ccccc2c1. The number of carbonyl (C=O) groups is 1. The number of amides is 1. The van der Waals surface area contributed by atoms with Crippen molar-refractivity contribution < 1.29 is 4.79 Å². The molecule has 1 fully saturated rings. The van der Waals surface area contributed by atoms with Gasteiger partial charge in [0.05, 0.1) is 4.91 Å². The fourth-order valence-electron chi connectivity index (χ4n) is 2.63. The zero-order valence-electron chi connectivity index (χ0n) is 12.0. The summed E-state index contributed by atoms with van der Waals surface area (Å²) >= 11 is 6.33. The highest BCUT2D eigenvalue weighted by Crippen LogP contribution is 2.27. The lowest BCUT2D eigenvalue weighted by molar-refractivity contribution is -0.115. The second-order valence-corrected chi connectivity index (χ2v) is 6.91. The second-order valence-electron chi connectivity index (χ2n) is 5.19. The van der Waals surface area contributed by atoms with Gasteiger partial charge >= 0.3 is 0 Å². The third kappa shape index (κ3) is 2.69. The first kappa shape index (κ1) is 14.2. The molecule has 1 aromatic heterocycles. The van der Waals surface area contributed by atoms with Crippen LogP contribution in [-0.4, -0.2) is 14.8 Å². The summed E-state index contributed by atoms with van der Waals surface area (Å²) in [5.74, 6) is -0.133. The van der Waals surface area contributed by atoms with Crippen molar-refractivity contribution >= 4 is 51.1 Å². The molecule has 23 heavy (non-hydrogen) atoms. The molecule has 1 N–H and O–H groups in total. The molecule has 2 aromatic carbocycles. The van der Waals surface area contributed by atoms with E-state index < -0.39 is 0 Å². The summed E-state index contributed by atoms with van der Waals surface area (Å²) in [5.41, 5.74) is 2.01. The Labute approximate surface area is 143 Å². The number of hydrogen-bond acceptors (Lipinski definition) is 3. The van der Waals surface area contributed by atoms with E-state index in [0.717, 1.165) is 11.4 Å². The van der Waals surface area contributed by atoms with E-state index >= 15 is 0 Å². The summed E-state index contributed by atoms with van der Waals surface area (Å²) < 4.78 is 2.57. The maximum absolute atomic E-state index is 11.8. The van der Waals surface area contributed by atoms with E-state index in [2.05, 4.69) is 40.2 Å². The Hall–Kier alpha value is -2.37. The molecular weight excluding hydrogens is 324 g/mol. The van der Waals surface area contributed by atoms with E-state index in [1.54, 1.807) is 0 Å². The lowest BCUT2D eigenvalue weighted by Gasteiger charge is -2.08. The predicted molar refractivity (Wildman–Crippen MR) is 99.6 cm³/mol. The molecule has 2 heterocycles. The van der Waals surface area contributed by atoms with Crippen molar-refractivity contribution in [2.45, 2.75) is 0 Å². The van der Waals surface area contributed by atoms with Crippen LogP contribution in [0.15, 0.2) is 65.7 Å². The average Bonchev–Trinajstić information content (AvgIpc) is 3.14. The van der Waals surface area contributed by atoms with Crippen molar-refractivity contribution in [1.82, 2.24) is 9.88 Å². The van der Waals surface area contributed by atoms with Gasteiger partial charge in [0.15, 0.2) is 0 Å². The fraction of sp³-hybridized carbons (Fsp3) is 0. The molecule has 0 spiro atoms. The quantitative estimate of drug-likeness (QED) is 0.565. The van der Waals surface area contributed by atoms with Crippen LogP contribution in [0, 0.1) is 0 Å². The number of rotatable bonds is 2. The molecule has 0 radical (unpaired) electrons. The molecule has 112 valence electrons. The Kier molecular flexibility index (Phi) is 3.52. The van der Waals surface area contributed by atoms with Crippen LogP contribution in [0.1, 0.15) is 5.69 Å². The van der Waals surface area contributed by atoms with E-state index in [0.29, 0.717) is 9.23 Å². The average molecular weight is 336 g/mol. The first-order valence-electron chi connectivity index (χ1n) is 7.12. The molecular formula is C18H12N2OS2. The van der Waals surface area contributed by atoms with Gasteiger partial charge in [0.1, 0.15) is 4.32 Å². The molecule has 3 nitrogen and oxygen atoms in total. The number of thiocarbonyl (C=S) groups is 1. The molecule has 5 heteroatoms. The van der Waals surface area contributed by atoms with Gasteiger partial charge < -0.3 is 9.88 Å². The summed E-state index contributed by atoms with van der Waals surface area (Å²) in [6, 6.07) is 18.5. The predicted octanol–water partition coefficient (Wildman–Crippen LogP) is 4.12. The van der Waals surface area contributed by atoms with Gasteiger partial charge in [-0.1, -0.05) is 54.3 Å². The molecule has 0 saturated carbocycles. The molecule has 1 aliphatic rings. The minimum atomic E-state index is -0.133. The molecule has 1 amide bonds. The van der Waals surface area contributed by atoms with Crippen molar-refractivity contribution in [3.05, 3.63) is 71.4 Å². The van der Waals surface area contributed by atoms with Crippen molar-refractivity contribution in [3.63, 3.8) is 0 Å². The third-order valence-electron chi connectivity index (χ3n) is 3.71. The van der Waals surface area contributed by atoms with Crippen LogP contribution >= 0.6 is 24.0 Å². The minimum absolute atomic E-state index is 0.133. The monoisotopic (exact) mass is 336 g/mol. The van der Waals surface area contributed by atoms with Gasteiger partial charge in [0, 0.05) is 17.6 Å². The Morgan fingerprint density at radius 2 is 1.87 bits per heavy atom. The van der Waals surface area contributed by atoms with Crippen LogP contribution in [0.4, 0.5) is 0 Å². The molecule has 1 saturated heterocycles. The van der Waals surface area contributed by atoms with Gasteiger partial charge in [-0.3, -0.25) is 4.79 Å². The van der Waals surface area contributed by atoms with Gasteiger partial charge in [0.2, 0.25) is 0 Å². The van der Waals surface area contributed by atoms with Crippen molar-refractivity contribution in [1.29, 1.82) is 0 Å². The molecule has 0 aliphatic carbocycles. The Morgan fingerprint density at radius 1 is 1.04 bits per heavy atom. The summed E-state index contributed by atoms with van der Waals surface area (Å²) in [6.45, 7) is 0. The van der Waals surface area contributed by atoms with Crippen molar-refractivity contribution in [2.75, 3.05) is 0 Å². The highest BCUT2D eigenvalue weighted by molar-refractivity contribution is 8.26. The Morgan fingerprint density at radius 3 is 2.65 bits per heavy atom. The fourth-order valence-corrected chi connectivity index (χ4v) is 3.66. The number of carbonyl (C=O) groups excluding carboxylic acids is 1. The third-order valence-corrected chi connectivity index (χ3v) is 4.88. The first-order chi connectivity index (χ1) is 11.2. The minimum Gasteiger partial charge on any atom is -0.317 e. The van der Waals surface area contributed by atoms with Crippen molar-refractivity contribution in [3.8, 4) is 5.69 Å². The number of benzene rings is 2. The van der Waals surface area contributed by atoms with Crippen LogP contribution in [0.25, 0.3) is 22.5 Å². The van der Waals surface area contributed by atoms with Crippen molar-refractivity contribution in [2.24, 2.45) is 0 Å². The lowest BCUT2D eigenvalue weighted by atomic mass is 10.1. The normalized spacial score (nSPS) is 16.3. The van der Waals surface area contributed by atoms with E-state index in [-0.39, 0.29) is 5.91 Å². The number of aromatic nitrogens is 1. The zero-order valence-corrected chi connectivity index (χ0v) is 13.7. The summed E-state index contributed by atoms with van der Waals surface area (Å²) in [5, 5.41) is 5.03. The number of hydrogen-bond donors (Lipinski definition) is 1. The van der Waals surface area contributed by atoms with Crippen LogP contribution in [0.2, 0.25) is 0 Å². The highest BCUT2D eigenvalue weighted by atomic mass is 32.2. The Balaban J connectivity index is 1.78. The van der Waals surface area contributed by atoms with Crippen LogP contribution in [0.3, 0.4) is 0 Å². The number of thioether (sulfide) groups is 1. The highest BCUT2D eigenvalue weighted by Gasteiger charge is 2.22. The lowest BCUT2D eigenvalue weighted by Crippen LogP contribution is -2.17. The largest absolute Gasteiger partial charge is 0.317 e. The topological polar surface area (TPSA) is 34.0 Å². The van der Waals surface area contributed by atoms with E-state index in [1.165, 1.54) is 22.5 Å². The molecule has 3 aromatic rings. The van der Waals surface area contributed by atoms with E-state index in [1.807, 2.05) is 36.5 Å². The molecule has 1 aliphatic heterocycles. The van der Waals surface area contributed by atoms with E-state index in [4.69, 9.17) is 12.2 Å². The Bertz CT molecular complexity index is 972. The van der Waals surface area contributed by atoms with Crippen LogP contribution in [-0.2, 0) is 4.79 Å². The molecule has 0 unspecified atom stereocenters.